The Bertz CT molecular complexity index is 730. The second-order valence-corrected chi connectivity index (χ2v) is 7.65. The van der Waals surface area contributed by atoms with Crippen molar-refractivity contribution in [2.24, 2.45) is 7.05 Å². The molecule has 2 fully saturated rings. The van der Waals surface area contributed by atoms with Crippen molar-refractivity contribution in [3.05, 3.63) is 23.9 Å². The first-order valence-corrected chi connectivity index (χ1v) is 8.11. The molecule has 0 spiro atoms. The molecule has 0 unspecified atom stereocenters. The number of rotatable bonds is 2. The largest absolute Gasteiger partial charge is 0.494 e. The fourth-order valence-electron chi connectivity index (χ4n) is 3.09. The number of fused-ring (bicyclic) bond motifs is 1. The first-order valence-electron chi connectivity index (χ1n) is 8.11. The average molecular weight is 298 g/mol. The molecule has 5 heteroatoms. The van der Waals surface area contributed by atoms with Gasteiger partial charge in [-0.15, -0.1) is 0 Å². The van der Waals surface area contributed by atoms with Crippen LogP contribution in [0.25, 0.3) is 10.9 Å². The van der Waals surface area contributed by atoms with Crippen LogP contribution in [0.3, 0.4) is 0 Å². The minimum absolute atomic E-state index is 0.304. The van der Waals surface area contributed by atoms with Crippen molar-refractivity contribution in [2.75, 3.05) is 0 Å². The molecule has 2 aliphatic rings. The number of hydrogen-bond acceptors (Lipinski definition) is 3. The van der Waals surface area contributed by atoms with Gasteiger partial charge in [0.15, 0.2) is 0 Å². The van der Waals surface area contributed by atoms with E-state index in [0.717, 1.165) is 5.46 Å². The van der Waals surface area contributed by atoms with Crippen molar-refractivity contribution in [1.29, 1.82) is 0 Å². The minimum Gasteiger partial charge on any atom is -0.399 e. The number of aromatic nitrogens is 2. The molecule has 1 aliphatic heterocycles. The summed E-state index contributed by atoms with van der Waals surface area (Å²) in [4.78, 5) is 0. The predicted octanol–water partition coefficient (Wildman–Crippen LogP) is 2.75. The third-order valence-electron chi connectivity index (χ3n) is 5.39. The highest BCUT2D eigenvalue weighted by Gasteiger charge is 2.51. The van der Waals surface area contributed by atoms with Gasteiger partial charge in [0.05, 0.1) is 22.4 Å². The Balaban J connectivity index is 1.76. The van der Waals surface area contributed by atoms with E-state index in [0.29, 0.717) is 5.92 Å². The third-order valence-corrected chi connectivity index (χ3v) is 5.39. The maximum absolute atomic E-state index is 6.17. The van der Waals surface area contributed by atoms with E-state index in [9.17, 15) is 0 Å². The molecule has 0 bridgehead atoms. The van der Waals surface area contributed by atoms with Crippen LogP contribution >= 0.6 is 0 Å². The molecule has 22 heavy (non-hydrogen) atoms. The smallest absolute Gasteiger partial charge is 0.399 e. The third kappa shape index (κ3) is 2.03. The van der Waals surface area contributed by atoms with Crippen molar-refractivity contribution in [1.82, 2.24) is 9.78 Å². The molecule has 0 amide bonds. The molecule has 116 valence electrons. The van der Waals surface area contributed by atoms with Crippen LogP contribution in [-0.2, 0) is 16.4 Å². The summed E-state index contributed by atoms with van der Waals surface area (Å²) in [6, 6.07) is 6.44. The Labute approximate surface area is 131 Å². The molecule has 2 aromatic rings. The Kier molecular flexibility index (Phi) is 2.83. The summed E-state index contributed by atoms with van der Waals surface area (Å²) in [6.45, 7) is 8.35. The number of benzene rings is 1. The zero-order chi connectivity index (χ0) is 15.7. The van der Waals surface area contributed by atoms with Crippen molar-refractivity contribution in [3.63, 3.8) is 0 Å². The van der Waals surface area contributed by atoms with E-state index in [4.69, 9.17) is 14.4 Å². The van der Waals surface area contributed by atoms with Crippen LogP contribution in [-0.4, -0.2) is 28.1 Å². The molecular weight excluding hydrogens is 275 g/mol. The molecule has 1 saturated heterocycles. The normalized spacial score (nSPS) is 23.4. The van der Waals surface area contributed by atoms with Crippen LogP contribution < -0.4 is 5.46 Å². The molecule has 4 rings (SSSR count). The van der Waals surface area contributed by atoms with Gasteiger partial charge < -0.3 is 9.31 Å². The van der Waals surface area contributed by atoms with E-state index in [1.54, 1.807) is 0 Å². The van der Waals surface area contributed by atoms with Crippen LogP contribution in [0.4, 0.5) is 0 Å². The van der Waals surface area contributed by atoms with Crippen LogP contribution in [0.1, 0.15) is 52.1 Å². The summed E-state index contributed by atoms with van der Waals surface area (Å²) in [5, 5.41) is 5.96. The molecule has 1 aromatic carbocycles. The number of aryl methyl sites for hydroxylation is 1. The van der Waals surface area contributed by atoms with Gasteiger partial charge in [0.25, 0.3) is 0 Å². The monoisotopic (exact) mass is 298 g/mol. The number of hydrogen-bond donors (Lipinski definition) is 0. The van der Waals surface area contributed by atoms with Gasteiger partial charge in [-0.25, -0.2) is 0 Å². The fourth-order valence-corrected chi connectivity index (χ4v) is 3.09. The Morgan fingerprint density at radius 2 is 1.77 bits per heavy atom. The zero-order valence-corrected chi connectivity index (χ0v) is 14.0. The average Bonchev–Trinajstić information content (AvgIpc) is 3.18. The van der Waals surface area contributed by atoms with Gasteiger partial charge in [-0.05, 0) is 52.1 Å². The van der Waals surface area contributed by atoms with Crippen molar-refractivity contribution >= 4 is 23.5 Å². The van der Waals surface area contributed by atoms with Gasteiger partial charge in [-0.2, -0.15) is 5.10 Å². The lowest BCUT2D eigenvalue weighted by Crippen LogP contribution is -2.41. The maximum Gasteiger partial charge on any atom is 0.494 e. The second-order valence-electron chi connectivity index (χ2n) is 7.65. The van der Waals surface area contributed by atoms with E-state index in [-0.39, 0.29) is 18.3 Å². The van der Waals surface area contributed by atoms with Gasteiger partial charge in [0.1, 0.15) is 0 Å². The SMILES string of the molecule is Cn1nc(C2CC2)c2cc(B3OC(C)(C)C(C)(C)O3)ccc21. The lowest BCUT2D eigenvalue weighted by Gasteiger charge is -2.32. The zero-order valence-electron chi connectivity index (χ0n) is 14.0. The predicted molar refractivity (Wildman–Crippen MR) is 88.4 cm³/mol. The molecular formula is C17H23BN2O2. The highest BCUT2D eigenvalue weighted by molar-refractivity contribution is 6.62. The Morgan fingerprint density at radius 1 is 1.14 bits per heavy atom. The maximum atomic E-state index is 6.17. The van der Waals surface area contributed by atoms with Crippen molar-refractivity contribution < 1.29 is 9.31 Å². The quantitative estimate of drug-likeness (QED) is 0.800. The lowest BCUT2D eigenvalue weighted by molar-refractivity contribution is 0.00578. The minimum atomic E-state index is -0.305. The van der Waals surface area contributed by atoms with E-state index in [1.165, 1.54) is 29.4 Å². The molecule has 4 nitrogen and oxygen atoms in total. The van der Waals surface area contributed by atoms with Crippen LogP contribution in [0.15, 0.2) is 18.2 Å². The van der Waals surface area contributed by atoms with Gasteiger partial charge >= 0.3 is 7.12 Å². The summed E-state index contributed by atoms with van der Waals surface area (Å²) >= 11 is 0. The fraction of sp³-hybridized carbons (Fsp3) is 0.588. The molecule has 2 heterocycles. The summed E-state index contributed by atoms with van der Waals surface area (Å²) in [5.74, 6) is 0.636. The van der Waals surface area contributed by atoms with E-state index in [1.807, 2.05) is 11.7 Å². The second kappa shape index (κ2) is 4.36. The van der Waals surface area contributed by atoms with Gasteiger partial charge in [0.2, 0.25) is 0 Å². The van der Waals surface area contributed by atoms with Gasteiger partial charge in [-0.1, -0.05) is 12.1 Å². The van der Waals surface area contributed by atoms with Gasteiger partial charge in [-0.3, -0.25) is 4.68 Å². The molecule has 0 N–H and O–H groups in total. The van der Waals surface area contributed by atoms with Crippen LogP contribution in [0.5, 0.6) is 0 Å². The summed E-state index contributed by atoms with van der Waals surface area (Å²) in [5.41, 5.74) is 2.89. The van der Waals surface area contributed by atoms with Crippen LogP contribution in [0, 0.1) is 0 Å². The topological polar surface area (TPSA) is 36.3 Å². The molecule has 0 radical (unpaired) electrons. The highest BCUT2D eigenvalue weighted by Crippen LogP contribution is 2.42. The van der Waals surface area contributed by atoms with E-state index >= 15 is 0 Å². The van der Waals surface area contributed by atoms with Crippen molar-refractivity contribution in [3.8, 4) is 0 Å². The van der Waals surface area contributed by atoms with E-state index in [2.05, 4.69) is 45.9 Å². The molecule has 0 atom stereocenters. The van der Waals surface area contributed by atoms with Crippen LogP contribution in [0.2, 0.25) is 0 Å². The first-order chi connectivity index (χ1) is 10.3. The number of nitrogens with zero attached hydrogens (tertiary/aromatic N) is 2. The molecule has 1 saturated carbocycles. The Morgan fingerprint density at radius 3 is 2.36 bits per heavy atom. The molecule has 1 aliphatic carbocycles. The summed E-state index contributed by atoms with van der Waals surface area (Å²) in [7, 11) is 1.71. The lowest BCUT2D eigenvalue weighted by atomic mass is 9.78. The first kappa shape index (κ1) is 14.3. The van der Waals surface area contributed by atoms with Crippen molar-refractivity contribution in [2.45, 2.75) is 57.7 Å². The molecule has 1 aromatic heterocycles. The summed E-state index contributed by atoms with van der Waals surface area (Å²) in [6.07, 6.45) is 2.51. The highest BCUT2D eigenvalue weighted by atomic mass is 16.7. The summed E-state index contributed by atoms with van der Waals surface area (Å²) < 4.78 is 14.3. The van der Waals surface area contributed by atoms with E-state index < -0.39 is 0 Å². The Hall–Kier alpha value is -1.33. The standard InChI is InChI=1S/C17H23BN2O2/c1-16(2)17(3,4)22-18(21-16)12-8-9-14-13(10-12)15(11-6-7-11)19-20(14)5/h8-11H,6-7H2,1-5H3. The van der Waals surface area contributed by atoms with Gasteiger partial charge in [0, 0.05) is 18.4 Å².